The molecule has 0 aliphatic heterocycles. The van der Waals surface area contributed by atoms with E-state index in [2.05, 4.69) is 26.2 Å². The van der Waals surface area contributed by atoms with Gasteiger partial charge in [-0.1, -0.05) is 12.1 Å². The van der Waals surface area contributed by atoms with Crippen LogP contribution in [0.25, 0.3) is 0 Å². The summed E-state index contributed by atoms with van der Waals surface area (Å²) in [5.74, 6) is 1.25. The summed E-state index contributed by atoms with van der Waals surface area (Å²) in [5, 5.41) is 2.78. The highest BCUT2D eigenvalue weighted by Gasteiger charge is 2.07. The third-order valence-corrected chi connectivity index (χ3v) is 3.32. The van der Waals surface area contributed by atoms with E-state index in [0.717, 1.165) is 21.3 Å². The van der Waals surface area contributed by atoms with Gasteiger partial charge in [-0.05, 0) is 59.1 Å². The van der Waals surface area contributed by atoms with Gasteiger partial charge in [0.2, 0.25) is 5.91 Å². The number of carbonyl (C=O) groups is 1. The first-order valence-corrected chi connectivity index (χ1v) is 7.45. The quantitative estimate of drug-likeness (QED) is 0.892. The molecule has 0 saturated heterocycles. The van der Waals surface area contributed by atoms with Crippen LogP contribution in [-0.2, 0) is 4.79 Å². The van der Waals surface area contributed by atoms with Gasteiger partial charge in [0.05, 0.1) is 13.0 Å². The van der Waals surface area contributed by atoms with Gasteiger partial charge in [0.15, 0.2) is 0 Å². The molecule has 21 heavy (non-hydrogen) atoms. The molecule has 0 aliphatic rings. The van der Waals surface area contributed by atoms with Gasteiger partial charge in [0.1, 0.15) is 11.6 Å². The van der Waals surface area contributed by atoms with Gasteiger partial charge in [-0.2, -0.15) is 0 Å². The Hall–Kier alpha value is -1.88. The molecule has 2 aromatic rings. The Labute approximate surface area is 132 Å². The number of nitrogens with one attached hydrogen (secondary N) is 1. The largest absolute Gasteiger partial charge is 0.493 e. The number of carbonyl (C=O) groups excluding carboxylic acids is 1. The van der Waals surface area contributed by atoms with E-state index in [4.69, 9.17) is 4.74 Å². The van der Waals surface area contributed by atoms with Crippen molar-refractivity contribution in [3.05, 3.63) is 52.1 Å². The van der Waals surface area contributed by atoms with Crippen molar-refractivity contribution in [3.8, 4) is 5.75 Å². The van der Waals surface area contributed by atoms with Crippen molar-refractivity contribution >= 4 is 27.7 Å². The van der Waals surface area contributed by atoms with Crippen LogP contribution in [0.15, 0.2) is 41.0 Å². The first-order valence-electron chi connectivity index (χ1n) is 6.66. The summed E-state index contributed by atoms with van der Waals surface area (Å²) in [6.45, 7) is 4.24. The van der Waals surface area contributed by atoms with Crippen molar-refractivity contribution in [3.63, 3.8) is 0 Å². The number of rotatable bonds is 5. The molecule has 0 aliphatic carbocycles. The maximum Gasteiger partial charge on any atom is 0.228 e. The maximum absolute atomic E-state index is 11.9. The van der Waals surface area contributed by atoms with Gasteiger partial charge in [-0.15, -0.1) is 0 Å². The van der Waals surface area contributed by atoms with Crippen LogP contribution in [0, 0.1) is 13.8 Å². The van der Waals surface area contributed by atoms with Crippen molar-refractivity contribution in [2.45, 2.75) is 20.3 Å². The second kappa shape index (κ2) is 7.22. The van der Waals surface area contributed by atoms with E-state index in [1.165, 1.54) is 0 Å². The van der Waals surface area contributed by atoms with Crippen LogP contribution in [0.4, 0.5) is 5.82 Å². The lowest BCUT2D eigenvalue weighted by Crippen LogP contribution is -2.16. The minimum absolute atomic E-state index is 0.111. The van der Waals surface area contributed by atoms with E-state index in [-0.39, 0.29) is 12.3 Å². The van der Waals surface area contributed by atoms with Crippen molar-refractivity contribution in [1.29, 1.82) is 0 Å². The summed E-state index contributed by atoms with van der Waals surface area (Å²) in [6.07, 6.45) is 1.94. The summed E-state index contributed by atoms with van der Waals surface area (Å²) >= 11 is 3.34. The fraction of sp³-hybridized carbons (Fsp3) is 0.250. The topological polar surface area (TPSA) is 51.2 Å². The molecule has 1 heterocycles. The monoisotopic (exact) mass is 348 g/mol. The van der Waals surface area contributed by atoms with Crippen LogP contribution < -0.4 is 10.1 Å². The average molecular weight is 349 g/mol. The fourth-order valence-corrected chi connectivity index (χ4v) is 2.28. The van der Waals surface area contributed by atoms with Gasteiger partial charge in [-0.25, -0.2) is 4.98 Å². The van der Waals surface area contributed by atoms with Crippen LogP contribution >= 0.6 is 15.9 Å². The fourth-order valence-electron chi connectivity index (χ4n) is 1.83. The molecule has 1 aromatic heterocycles. The van der Waals surface area contributed by atoms with E-state index in [1.807, 2.05) is 44.2 Å². The number of hydrogen-bond donors (Lipinski definition) is 1. The molecule has 0 spiro atoms. The highest BCUT2D eigenvalue weighted by Crippen LogP contribution is 2.17. The molecular formula is C16H17BrN2O2. The Morgan fingerprint density at radius 1 is 1.33 bits per heavy atom. The Morgan fingerprint density at radius 2 is 2.14 bits per heavy atom. The molecule has 110 valence electrons. The Balaban J connectivity index is 1.82. The minimum atomic E-state index is -0.111. The van der Waals surface area contributed by atoms with Crippen LogP contribution in [0.5, 0.6) is 5.75 Å². The molecule has 1 N–H and O–H groups in total. The summed E-state index contributed by atoms with van der Waals surface area (Å²) in [6, 6.07) is 9.66. The van der Waals surface area contributed by atoms with E-state index in [9.17, 15) is 4.79 Å². The van der Waals surface area contributed by atoms with Gasteiger partial charge in [-0.3, -0.25) is 4.79 Å². The van der Waals surface area contributed by atoms with Gasteiger partial charge in [0, 0.05) is 10.7 Å². The Morgan fingerprint density at radius 3 is 2.86 bits per heavy atom. The zero-order chi connectivity index (χ0) is 15.2. The molecule has 5 heteroatoms. The maximum atomic E-state index is 11.9. The van der Waals surface area contributed by atoms with E-state index >= 15 is 0 Å². The number of nitrogens with zero attached hydrogens (tertiary/aromatic N) is 1. The van der Waals surface area contributed by atoms with E-state index < -0.39 is 0 Å². The number of aryl methyl sites for hydroxylation is 2. The molecule has 1 amide bonds. The van der Waals surface area contributed by atoms with Gasteiger partial charge < -0.3 is 10.1 Å². The number of ether oxygens (including phenoxy) is 1. The van der Waals surface area contributed by atoms with Crippen molar-refractivity contribution in [2.75, 3.05) is 11.9 Å². The highest BCUT2D eigenvalue weighted by molar-refractivity contribution is 9.10. The number of anilines is 1. The molecular weight excluding hydrogens is 332 g/mol. The molecule has 1 aromatic carbocycles. The zero-order valence-corrected chi connectivity index (χ0v) is 13.6. The van der Waals surface area contributed by atoms with Crippen LogP contribution in [0.1, 0.15) is 17.5 Å². The summed E-state index contributed by atoms with van der Waals surface area (Å²) in [4.78, 5) is 16.0. The van der Waals surface area contributed by atoms with Crippen LogP contribution in [-0.4, -0.2) is 17.5 Å². The van der Waals surface area contributed by atoms with E-state index in [0.29, 0.717) is 12.4 Å². The third-order valence-electron chi connectivity index (χ3n) is 2.89. The lowest BCUT2D eigenvalue weighted by molar-refractivity contribution is -0.116. The smallest absolute Gasteiger partial charge is 0.228 e. The van der Waals surface area contributed by atoms with Crippen LogP contribution in [0.2, 0.25) is 0 Å². The van der Waals surface area contributed by atoms with Crippen LogP contribution in [0.3, 0.4) is 0 Å². The molecule has 0 fully saturated rings. The standard InChI is InChI=1S/C16H17BrN2O2/c1-11-4-3-5-14(8-11)21-7-6-15(20)19-16-12(2)9-13(17)10-18-16/h3-5,8-10H,6-7H2,1-2H3,(H,18,19,20). The Kier molecular flexibility index (Phi) is 5.33. The molecule has 2 rings (SSSR count). The van der Waals surface area contributed by atoms with Crippen molar-refractivity contribution < 1.29 is 9.53 Å². The number of benzene rings is 1. The highest BCUT2D eigenvalue weighted by atomic mass is 79.9. The molecule has 0 saturated carbocycles. The number of halogens is 1. The number of amides is 1. The minimum Gasteiger partial charge on any atom is -0.493 e. The predicted octanol–water partition coefficient (Wildman–Crippen LogP) is 3.87. The molecule has 0 atom stereocenters. The predicted molar refractivity (Wildman–Crippen MR) is 86.6 cm³/mol. The van der Waals surface area contributed by atoms with Crippen molar-refractivity contribution in [1.82, 2.24) is 4.98 Å². The number of hydrogen-bond acceptors (Lipinski definition) is 3. The lowest BCUT2D eigenvalue weighted by Gasteiger charge is -2.09. The third kappa shape index (κ3) is 4.86. The summed E-state index contributed by atoms with van der Waals surface area (Å²) < 4.78 is 6.45. The lowest BCUT2D eigenvalue weighted by atomic mass is 10.2. The zero-order valence-electron chi connectivity index (χ0n) is 12.0. The molecule has 4 nitrogen and oxygen atoms in total. The normalized spacial score (nSPS) is 10.2. The SMILES string of the molecule is Cc1cccc(OCCC(=O)Nc2ncc(Br)cc2C)c1. The van der Waals surface area contributed by atoms with E-state index in [1.54, 1.807) is 6.20 Å². The number of pyridine rings is 1. The average Bonchev–Trinajstić information content (AvgIpc) is 2.42. The second-order valence-corrected chi connectivity index (χ2v) is 5.70. The number of aromatic nitrogens is 1. The first-order chi connectivity index (χ1) is 10.0. The summed E-state index contributed by atoms with van der Waals surface area (Å²) in [5.41, 5.74) is 2.05. The van der Waals surface area contributed by atoms with Gasteiger partial charge >= 0.3 is 0 Å². The second-order valence-electron chi connectivity index (χ2n) is 4.78. The van der Waals surface area contributed by atoms with Crippen molar-refractivity contribution in [2.24, 2.45) is 0 Å². The molecule has 0 radical (unpaired) electrons. The van der Waals surface area contributed by atoms with Gasteiger partial charge in [0.25, 0.3) is 0 Å². The summed E-state index contributed by atoms with van der Waals surface area (Å²) in [7, 11) is 0. The molecule has 0 unspecified atom stereocenters. The molecule has 0 bridgehead atoms. The first kappa shape index (κ1) is 15.5. The Bertz CT molecular complexity index is 644.